The molecular weight excluding hydrogens is 549 g/mol. The smallest absolute Gasteiger partial charge is 0.475 e. The number of ether oxygens (including phenoxy) is 1. The standard InChI is InChI=1S/C19H21FN2OS.2C2HF3O2/c20-17-5-3-15(4-6-17)10-22-13-19(14-22)8-18(12-24-19)23-11-16-2-1-7-21-9-16;2*3-2(4,5)1(6)7/h1-7,9,18H,8,10-14H2;2*(H,6,7). The van der Waals surface area contributed by atoms with Crippen LogP contribution in [-0.4, -0.2) is 74.1 Å². The summed E-state index contributed by atoms with van der Waals surface area (Å²) in [6.45, 7) is 3.75. The Labute approximate surface area is 216 Å². The third-order valence-corrected chi connectivity index (χ3v) is 6.79. The van der Waals surface area contributed by atoms with Crippen molar-refractivity contribution < 1.29 is 55.3 Å². The molecule has 2 aliphatic rings. The lowest BCUT2D eigenvalue weighted by Gasteiger charge is -2.47. The Hall–Kier alpha value is -2.91. The van der Waals surface area contributed by atoms with Crippen LogP contribution in [-0.2, 0) is 27.5 Å². The van der Waals surface area contributed by atoms with Gasteiger partial charge >= 0.3 is 24.3 Å². The summed E-state index contributed by atoms with van der Waals surface area (Å²) in [7, 11) is 0. The van der Waals surface area contributed by atoms with Crippen LogP contribution in [0, 0.1) is 5.82 Å². The quantitative estimate of drug-likeness (QED) is 0.495. The minimum atomic E-state index is -5.08. The van der Waals surface area contributed by atoms with Crippen LogP contribution in [0.1, 0.15) is 17.5 Å². The number of benzene rings is 1. The summed E-state index contributed by atoms with van der Waals surface area (Å²) in [5, 5.41) is 14.2. The molecule has 0 bridgehead atoms. The van der Waals surface area contributed by atoms with Crippen LogP contribution in [0.25, 0.3) is 0 Å². The maximum atomic E-state index is 13.0. The van der Waals surface area contributed by atoms with Crippen LogP contribution in [0.5, 0.6) is 0 Å². The minimum absolute atomic E-state index is 0.168. The van der Waals surface area contributed by atoms with Crippen molar-refractivity contribution in [3.8, 4) is 0 Å². The number of aliphatic carboxylic acids is 2. The molecule has 0 saturated carbocycles. The molecule has 15 heteroatoms. The van der Waals surface area contributed by atoms with Crippen molar-refractivity contribution in [2.75, 3.05) is 18.8 Å². The second kappa shape index (κ2) is 13.2. The SMILES string of the molecule is Fc1ccc(CN2CC3(CC(OCc4cccnc4)CS3)C2)cc1.O=C(O)C(F)(F)F.O=C(O)C(F)(F)F. The first kappa shape index (κ1) is 31.3. The number of alkyl halides is 6. The molecule has 0 amide bonds. The lowest BCUT2D eigenvalue weighted by Crippen LogP contribution is -2.58. The highest BCUT2D eigenvalue weighted by Crippen LogP contribution is 2.46. The number of thioether (sulfide) groups is 1. The van der Waals surface area contributed by atoms with Gasteiger partial charge in [-0.15, -0.1) is 11.8 Å². The van der Waals surface area contributed by atoms with Crippen molar-refractivity contribution in [1.29, 1.82) is 0 Å². The Morgan fingerprint density at radius 3 is 2.03 bits per heavy atom. The number of carboxylic acid groups (broad SMARTS) is 2. The van der Waals surface area contributed by atoms with Gasteiger partial charge in [0.05, 0.1) is 12.7 Å². The van der Waals surface area contributed by atoms with Crippen LogP contribution < -0.4 is 0 Å². The molecule has 2 saturated heterocycles. The Balaban J connectivity index is 0.000000301. The minimum Gasteiger partial charge on any atom is -0.475 e. The van der Waals surface area contributed by atoms with Gasteiger partial charge in [0.2, 0.25) is 0 Å². The molecule has 4 rings (SSSR count). The van der Waals surface area contributed by atoms with Gasteiger partial charge in [0.15, 0.2) is 0 Å². The number of nitrogens with zero attached hydrogens (tertiary/aromatic N) is 2. The number of halogens is 7. The molecule has 210 valence electrons. The van der Waals surface area contributed by atoms with Gasteiger partial charge in [-0.05, 0) is 35.7 Å². The van der Waals surface area contributed by atoms with Crippen molar-refractivity contribution in [1.82, 2.24) is 9.88 Å². The Bertz CT molecular complexity index is 1020. The van der Waals surface area contributed by atoms with Gasteiger partial charge in [-0.25, -0.2) is 14.0 Å². The van der Waals surface area contributed by atoms with E-state index in [0.717, 1.165) is 37.4 Å². The zero-order valence-corrected chi connectivity index (χ0v) is 20.3. The molecule has 1 atom stereocenters. The number of likely N-dealkylation sites (tertiary alicyclic amines) is 1. The largest absolute Gasteiger partial charge is 0.490 e. The van der Waals surface area contributed by atoms with Crippen LogP contribution >= 0.6 is 11.8 Å². The fourth-order valence-electron chi connectivity index (χ4n) is 3.56. The highest BCUT2D eigenvalue weighted by molar-refractivity contribution is 8.01. The molecule has 0 radical (unpaired) electrons. The summed E-state index contributed by atoms with van der Waals surface area (Å²) in [5.41, 5.74) is 2.31. The number of carbonyl (C=O) groups is 2. The molecule has 2 N–H and O–H groups in total. The highest BCUT2D eigenvalue weighted by atomic mass is 32.2. The molecule has 3 heterocycles. The van der Waals surface area contributed by atoms with Gasteiger partial charge in [0.1, 0.15) is 5.82 Å². The first-order valence-corrected chi connectivity index (χ1v) is 11.8. The van der Waals surface area contributed by atoms with E-state index in [1.165, 1.54) is 17.7 Å². The van der Waals surface area contributed by atoms with Gasteiger partial charge in [-0.2, -0.15) is 26.3 Å². The van der Waals surface area contributed by atoms with Crippen molar-refractivity contribution in [3.63, 3.8) is 0 Å². The number of carboxylic acids is 2. The number of pyridine rings is 1. The number of hydrogen-bond donors (Lipinski definition) is 2. The molecule has 38 heavy (non-hydrogen) atoms. The van der Waals surface area contributed by atoms with Gasteiger partial charge in [0, 0.05) is 42.5 Å². The van der Waals surface area contributed by atoms with Crippen molar-refractivity contribution in [2.24, 2.45) is 0 Å². The van der Waals surface area contributed by atoms with E-state index in [4.69, 9.17) is 24.5 Å². The molecule has 0 aliphatic carbocycles. The first-order valence-electron chi connectivity index (χ1n) is 10.8. The number of rotatable bonds is 5. The molecule has 1 aromatic heterocycles. The third kappa shape index (κ3) is 10.5. The third-order valence-electron chi connectivity index (χ3n) is 5.21. The van der Waals surface area contributed by atoms with E-state index in [0.29, 0.717) is 17.5 Å². The zero-order chi connectivity index (χ0) is 28.6. The maximum absolute atomic E-state index is 13.0. The van der Waals surface area contributed by atoms with E-state index < -0.39 is 24.3 Å². The molecule has 7 nitrogen and oxygen atoms in total. The van der Waals surface area contributed by atoms with E-state index in [1.807, 2.05) is 36.2 Å². The van der Waals surface area contributed by atoms with Crippen LogP contribution in [0.2, 0.25) is 0 Å². The first-order chi connectivity index (χ1) is 17.6. The molecule has 1 spiro atoms. The summed E-state index contributed by atoms with van der Waals surface area (Å²) < 4.78 is 82.9. The van der Waals surface area contributed by atoms with E-state index >= 15 is 0 Å². The van der Waals surface area contributed by atoms with Gasteiger partial charge in [-0.3, -0.25) is 9.88 Å². The molecule has 2 aromatic rings. The Morgan fingerprint density at radius 2 is 1.55 bits per heavy atom. The average molecular weight is 572 g/mol. The van der Waals surface area contributed by atoms with E-state index in [-0.39, 0.29) is 5.82 Å². The molecule has 2 fully saturated rings. The second-order valence-corrected chi connectivity index (χ2v) is 9.86. The average Bonchev–Trinajstić information content (AvgIpc) is 3.24. The second-order valence-electron chi connectivity index (χ2n) is 8.37. The molecule has 1 aromatic carbocycles. The summed E-state index contributed by atoms with van der Waals surface area (Å²) in [4.78, 5) is 24.4. The maximum Gasteiger partial charge on any atom is 0.490 e. The lowest BCUT2D eigenvalue weighted by atomic mass is 9.92. The predicted octanol–water partition coefficient (Wildman–Crippen LogP) is 4.76. The predicted molar refractivity (Wildman–Crippen MR) is 122 cm³/mol. The van der Waals surface area contributed by atoms with Gasteiger partial charge < -0.3 is 14.9 Å². The van der Waals surface area contributed by atoms with Crippen LogP contribution in [0.15, 0.2) is 48.8 Å². The number of aromatic nitrogens is 1. The Kier molecular flexibility index (Phi) is 10.9. The molecular formula is C23H23F7N2O5S. The fourth-order valence-corrected chi connectivity index (χ4v) is 5.16. The summed E-state index contributed by atoms with van der Waals surface area (Å²) in [6.07, 6.45) is -5.06. The molecule has 1 unspecified atom stereocenters. The summed E-state index contributed by atoms with van der Waals surface area (Å²) in [6, 6.07) is 10.8. The van der Waals surface area contributed by atoms with Gasteiger partial charge in [0.25, 0.3) is 0 Å². The van der Waals surface area contributed by atoms with E-state index in [1.54, 1.807) is 6.20 Å². The van der Waals surface area contributed by atoms with E-state index in [9.17, 15) is 30.7 Å². The highest BCUT2D eigenvalue weighted by Gasteiger charge is 2.49. The topological polar surface area (TPSA) is 100.0 Å². The zero-order valence-electron chi connectivity index (χ0n) is 19.5. The van der Waals surface area contributed by atoms with Crippen molar-refractivity contribution in [3.05, 3.63) is 65.7 Å². The van der Waals surface area contributed by atoms with Crippen LogP contribution in [0.4, 0.5) is 30.7 Å². The summed E-state index contributed by atoms with van der Waals surface area (Å²) in [5.74, 6) is -4.61. The van der Waals surface area contributed by atoms with Crippen LogP contribution in [0.3, 0.4) is 0 Å². The van der Waals surface area contributed by atoms with Crippen molar-refractivity contribution >= 4 is 23.7 Å². The normalized spacial score (nSPS) is 18.4. The van der Waals surface area contributed by atoms with Crippen molar-refractivity contribution in [2.45, 2.75) is 42.8 Å². The monoisotopic (exact) mass is 572 g/mol. The number of hydrogen-bond acceptors (Lipinski definition) is 6. The fraction of sp³-hybridized carbons (Fsp3) is 0.435. The van der Waals surface area contributed by atoms with Gasteiger partial charge in [-0.1, -0.05) is 18.2 Å². The summed E-state index contributed by atoms with van der Waals surface area (Å²) >= 11 is 2.05. The lowest BCUT2D eigenvalue weighted by molar-refractivity contribution is -0.193. The van der Waals surface area contributed by atoms with E-state index in [2.05, 4.69) is 16.0 Å². The molecule has 2 aliphatic heterocycles. The Morgan fingerprint density at radius 1 is 1.00 bits per heavy atom.